The van der Waals surface area contributed by atoms with Crippen molar-refractivity contribution in [2.24, 2.45) is 0 Å². The standard InChI is InChI=1S/C19H19N3O/c1-14-4-9-18(12-15(14)2)21-19(23)17-7-5-16(6-8-17)13-22-11-3-10-20-22/h3-12H,13H2,1-2H3,(H,21,23). The highest BCUT2D eigenvalue weighted by atomic mass is 16.1. The Morgan fingerprint density at radius 1 is 1.09 bits per heavy atom. The molecule has 3 aromatic rings. The van der Waals surface area contributed by atoms with Crippen molar-refractivity contribution in [2.75, 3.05) is 5.32 Å². The summed E-state index contributed by atoms with van der Waals surface area (Å²) in [5.74, 6) is -0.0982. The van der Waals surface area contributed by atoms with Gasteiger partial charge in [-0.1, -0.05) is 18.2 Å². The molecule has 0 atom stereocenters. The predicted molar refractivity (Wildman–Crippen MR) is 91.6 cm³/mol. The van der Waals surface area contributed by atoms with Gasteiger partial charge in [-0.05, 0) is 60.9 Å². The van der Waals surface area contributed by atoms with Gasteiger partial charge in [0.15, 0.2) is 0 Å². The lowest BCUT2D eigenvalue weighted by Gasteiger charge is -2.08. The van der Waals surface area contributed by atoms with Gasteiger partial charge in [-0.25, -0.2) is 0 Å². The van der Waals surface area contributed by atoms with Crippen molar-refractivity contribution in [3.05, 3.63) is 83.2 Å². The number of hydrogen-bond donors (Lipinski definition) is 1. The van der Waals surface area contributed by atoms with Crippen molar-refractivity contribution >= 4 is 11.6 Å². The van der Waals surface area contributed by atoms with E-state index >= 15 is 0 Å². The summed E-state index contributed by atoms with van der Waals surface area (Å²) in [7, 11) is 0. The summed E-state index contributed by atoms with van der Waals surface area (Å²) in [6, 6.07) is 15.4. The van der Waals surface area contributed by atoms with Crippen LogP contribution in [0.2, 0.25) is 0 Å². The van der Waals surface area contributed by atoms with Crippen LogP contribution in [0.1, 0.15) is 27.0 Å². The van der Waals surface area contributed by atoms with Crippen LogP contribution in [-0.2, 0) is 6.54 Å². The van der Waals surface area contributed by atoms with Gasteiger partial charge in [-0.2, -0.15) is 5.10 Å². The number of aryl methyl sites for hydroxylation is 2. The molecule has 0 aliphatic rings. The van der Waals surface area contributed by atoms with Gasteiger partial charge in [-0.15, -0.1) is 0 Å². The van der Waals surface area contributed by atoms with Crippen LogP contribution in [0.25, 0.3) is 0 Å². The molecule has 0 unspecified atom stereocenters. The van der Waals surface area contributed by atoms with E-state index in [4.69, 9.17) is 0 Å². The lowest BCUT2D eigenvalue weighted by atomic mass is 10.1. The van der Waals surface area contributed by atoms with E-state index < -0.39 is 0 Å². The molecule has 1 N–H and O–H groups in total. The third kappa shape index (κ3) is 3.66. The van der Waals surface area contributed by atoms with Crippen LogP contribution in [0.3, 0.4) is 0 Å². The van der Waals surface area contributed by atoms with Gasteiger partial charge in [0.1, 0.15) is 0 Å². The molecule has 0 bridgehead atoms. The van der Waals surface area contributed by atoms with Crippen LogP contribution >= 0.6 is 0 Å². The van der Waals surface area contributed by atoms with Crippen molar-refractivity contribution in [1.82, 2.24) is 9.78 Å². The minimum atomic E-state index is -0.0982. The maximum Gasteiger partial charge on any atom is 0.255 e. The highest BCUT2D eigenvalue weighted by molar-refractivity contribution is 6.04. The number of aromatic nitrogens is 2. The second-order valence-electron chi connectivity index (χ2n) is 5.65. The third-order valence-electron chi connectivity index (χ3n) is 3.88. The molecule has 3 rings (SSSR count). The highest BCUT2D eigenvalue weighted by Crippen LogP contribution is 2.15. The number of nitrogens with zero attached hydrogens (tertiary/aromatic N) is 2. The topological polar surface area (TPSA) is 46.9 Å². The Morgan fingerprint density at radius 3 is 2.52 bits per heavy atom. The molecule has 1 aromatic heterocycles. The van der Waals surface area contributed by atoms with Crippen LogP contribution in [0, 0.1) is 13.8 Å². The average Bonchev–Trinajstić information content (AvgIpc) is 3.04. The molecule has 4 nitrogen and oxygen atoms in total. The Balaban J connectivity index is 1.68. The van der Waals surface area contributed by atoms with E-state index in [2.05, 4.69) is 17.3 Å². The molecule has 0 aliphatic heterocycles. The largest absolute Gasteiger partial charge is 0.322 e. The molecule has 116 valence electrons. The first-order valence-electron chi connectivity index (χ1n) is 7.57. The fraction of sp³-hybridized carbons (Fsp3) is 0.158. The molecule has 0 aliphatic carbocycles. The Morgan fingerprint density at radius 2 is 1.87 bits per heavy atom. The summed E-state index contributed by atoms with van der Waals surface area (Å²) in [5, 5.41) is 7.11. The summed E-state index contributed by atoms with van der Waals surface area (Å²) in [4.78, 5) is 12.3. The van der Waals surface area contributed by atoms with Gasteiger partial charge >= 0.3 is 0 Å². The first kappa shape index (κ1) is 15.0. The van der Waals surface area contributed by atoms with E-state index in [1.165, 1.54) is 5.56 Å². The minimum absolute atomic E-state index is 0.0982. The zero-order valence-electron chi connectivity index (χ0n) is 13.3. The number of anilines is 1. The smallest absolute Gasteiger partial charge is 0.255 e. The molecule has 0 saturated carbocycles. The van der Waals surface area contributed by atoms with E-state index in [1.54, 1.807) is 6.20 Å². The summed E-state index contributed by atoms with van der Waals surface area (Å²) < 4.78 is 1.85. The Bertz CT molecular complexity index is 805. The molecular weight excluding hydrogens is 286 g/mol. The quantitative estimate of drug-likeness (QED) is 0.797. The number of hydrogen-bond acceptors (Lipinski definition) is 2. The van der Waals surface area contributed by atoms with E-state index in [0.717, 1.165) is 16.8 Å². The third-order valence-corrected chi connectivity index (χ3v) is 3.88. The molecule has 23 heavy (non-hydrogen) atoms. The molecule has 0 radical (unpaired) electrons. The van der Waals surface area contributed by atoms with Gasteiger partial charge in [0.2, 0.25) is 0 Å². The molecule has 0 saturated heterocycles. The van der Waals surface area contributed by atoms with E-state index in [-0.39, 0.29) is 5.91 Å². The molecule has 0 fully saturated rings. The number of rotatable bonds is 4. The fourth-order valence-corrected chi connectivity index (χ4v) is 2.37. The zero-order valence-corrected chi connectivity index (χ0v) is 13.3. The van der Waals surface area contributed by atoms with Crippen LogP contribution in [0.5, 0.6) is 0 Å². The number of amides is 1. The highest BCUT2D eigenvalue weighted by Gasteiger charge is 2.07. The van der Waals surface area contributed by atoms with Gasteiger partial charge in [-0.3, -0.25) is 9.48 Å². The lowest BCUT2D eigenvalue weighted by Crippen LogP contribution is -2.12. The maximum atomic E-state index is 12.3. The van der Waals surface area contributed by atoms with E-state index in [1.807, 2.05) is 66.3 Å². The maximum absolute atomic E-state index is 12.3. The number of carbonyl (C=O) groups is 1. The number of benzene rings is 2. The Hall–Kier alpha value is -2.88. The molecular formula is C19H19N3O. The molecule has 0 spiro atoms. The second kappa shape index (κ2) is 6.48. The fourth-order valence-electron chi connectivity index (χ4n) is 2.37. The van der Waals surface area contributed by atoms with Crippen molar-refractivity contribution in [3.8, 4) is 0 Å². The summed E-state index contributed by atoms with van der Waals surface area (Å²) in [6.45, 7) is 4.79. The van der Waals surface area contributed by atoms with Crippen molar-refractivity contribution < 1.29 is 4.79 Å². The Labute approximate surface area is 135 Å². The van der Waals surface area contributed by atoms with Crippen LogP contribution < -0.4 is 5.32 Å². The molecule has 4 heteroatoms. The van der Waals surface area contributed by atoms with Crippen LogP contribution in [0.4, 0.5) is 5.69 Å². The second-order valence-corrected chi connectivity index (χ2v) is 5.65. The monoisotopic (exact) mass is 305 g/mol. The van der Waals surface area contributed by atoms with Crippen LogP contribution in [0.15, 0.2) is 60.9 Å². The molecule has 1 heterocycles. The van der Waals surface area contributed by atoms with E-state index in [9.17, 15) is 4.79 Å². The van der Waals surface area contributed by atoms with Gasteiger partial charge in [0, 0.05) is 23.6 Å². The van der Waals surface area contributed by atoms with Crippen molar-refractivity contribution in [3.63, 3.8) is 0 Å². The summed E-state index contributed by atoms with van der Waals surface area (Å²) in [6.07, 6.45) is 3.67. The number of nitrogens with one attached hydrogen (secondary N) is 1. The number of carbonyl (C=O) groups excluding carboxylic acids is 1. The van der Waals surface area contributed by atoms with Gasteiger partial charge in [0.05, 0.1) is 6.54 Å². The molecule has 2 aromatic carbocycles. The average molecular weight is 305 g/mol. The van der Waals surface area contributed by atoms with Gasteiger partial charge < -0.3 is 5.32 Å². The van der Waals surface area contributed by atoms with Gasteiger partial charge in [0.25, 0.3) is 5.91 Å². The summed E-state index contributed by atoms with van der Waals surface area (Å²) in [5.41, 5.74) is 4.95. The normalized spacial score (nSPS) is 10.5. The predicted octanol–water partition coefficient (Wildman–Crippen LogP) is 3.80. The first-order valence-corrected chi connectivity index (χ1v) is 7.57. The zero-order chi connectivity index (χ0) is 16.2. The Kier molecular flexibility index (Phi) is 4.24. The summed E-state index contributed by atoms with van der Waals surface area (Å²) >= 11 is 0. The van der Waals surface area contributed by atoms with Crippen LogP contribution in [-0.4, -0.2) is 15.7 Å². The SMILES string of the molecule is Cc1ccc(NC(=O)c2ccc(Cn3cccn3)cc2)cc1C. The van der Waals surface area contributed by atoms with Crippen molar-refractivity contribution in [1.29, 1.82) is 0 Å². The first-order chi connectivity index (χ1) is 11.1. The minimum Gasteiger partial charge on any atom is -0.322 e. The lowest BCUT2D eigenvalue weighted by molar-refractivity contribution is 0.102. The molecule has 1 amide bonds. The van der Waals surface area contributed by atoms with E-state index in [0.29, 0.717) is 12.1 Å². The van der Waals surface area contributed by atoms with Crippen molar-refractivity contribution in [2.45, 2.75) is 20.4 Å².